The highest BCUT2D eigenvalue weighted by Gasteiger charge is 2.11. The van der Waals surface area contributed by atoms with Crippen LogP contribution in [0.15, 0.2) is 47.5 Å². The third kappa shape index (κ3) is 6.02. The van der Waals surface area contributed by atoms with Gasteiger partial charge in [-0.3, -0.25) is 4.99 Å². The maximum atomic E-state index is 5.75. The molecule has 0 bridgehead atoms. The van der Waals surface area contributed by atoms with Gasteiger partial charge in [0.05, 0.1) is 13.2 Å². The highest BCUT2D eigenvalue weighted by atomic mass is 127. The molecule has 2 N–H and O–H groups in total. The molecule has 0 spiro atoms. The number of nitrogens with one attached hydrogen (secondary N) is 2. The van der Waals surface area contributed by atoms with Gasteiger partial charge in [-0.1, -0.05) is 37.3 Å². The number of hydrogen-bond donors (Lipinski definition) is 2. The van der Waals surface area contributed by atoms with E-state index in [1.165, 1.54) is 11.1 Å². The zero-order valence-electron chi connectivity index (χ0n) is 16.0. The van der Waals surface area contributed by atoms with Crippen LogP contribution in [0.1, 0.15) is 30.0 Å². The lowest BCUT2D eigenvalue weighted by Gasteiger charge is -2.14. The van der Waals surface area contributed by atoms with Crippen LogP contribution in [0.25, 0.3) is 0 Å². The molecule has 2 aromatic carbocycles. The zero-order valence-corrected chi connectivity index (χ0v) is 18.3. The van der Waals surface area contributed by atoms with Gasteiger partial charge in [0.15, 0.2) is 17.5 Å². The van der Waals surface area contributed by atoms with E-state index in [9.17, 15) is 0 Å². The first kappa shape index (κ1) is 21.3. The van der Waals surface area contributed by atoms with Crippen molar-refractivity contribution in [2.45, 2.75) is 32.9 Å². The molecule has 0 saturated carbocycles. The quantitative estimate of drug-likeness (QED) is 0.387. The van der Waals surface area contributed by atoms with Gasteiger partial charge in [-0.05, 0) is 35.2 Å². The standard InChI is InChI=1S/C21H27N3O2.HI/c1-3-17-7-4-5-8-18(17)15-24-21(22-2)23-14-16-9-10-19-20(13-16)26-12-6-11-25-19;/h4-5,7-10,13H,3,6,11-12,14-15H2,1-2H3,(H2,22,23,24);1H. The van der Waals surface area contributed by atoms with Gasteiger partial charge in [0.2, 0.25) is 0 Å². The second kappa shape index (κ2) is 11.0. The number of guanidine groups is 1. The van der Waals surface area contributed by atoms with Gasteiger partial charge in [0, 0.05) is 26.6 Å². The minimum absolute atomic E-state index is 0. The molecule has 6 heteroatoms. The molecule has 1 aliphatic rings. The van der Waals surface area contributed by atoms with E-state index < -0.39 is 0 Å². The summed E-state index contributed by atoms with van der Waals surface area (Å²) in [5.74, 6) is 2.43. The van der Waals surface area contributed by atoms with Crippen LogP contribution in [0.5, 0.6) is 11.5 Å². The van der Waals surface area contributed by atoms with Gasteiger partial charge >= 0.3 is 0 Å². The van der Waals surface area contributed by atoms with Crippen LogP contribution in [0.4, 0.5) is 0 Å². The fraction of sp³-hybridized carbons (Fsp3) is 0.381. The summed E-state index contributed by atoms with van der Waals surface area (Å²) in [6.45, 7) is 5.01. The van der Waals surface area contributed by atoms with Crippen LogP contribution in [-0.2, 0) is 19.5 Å². The molecule has 0 radical (unpaired) electrons. The highest BCUT2D eigenvalue weighted by molar-refractivity contribution is 14.0. The summed E-state index contributed by atoms with van der Waals surface area (Å²) in [5.41, 5.74) is 3.79. The lowest BCUT2D eigenvalue weighted by Crippen LogP contribution is -2.36. The van der Waals surface area contributed by atoms with E-state index >= 15 is 0 Å². The molecule has 27 heavy (non-hydrogen) atoms. The second-order valence-electron chi connectivity index (χ2n) is 6.23. The normalized spacial score (nSPS) is 13.3. The Morgan fingerprint density at radius 3 is 2.41 bits per heavy atom. The molecule has 0 fully saturated rings. The van der Waals surface area contributed by atoms with Crippen molar-refractivity contribution in [2.24, 2.45) is 4.99 Å². The zero-order chi connectivity index (χ0) is 18.2. The number of benzene rings is 2. The van der Waals surface area contributed by atoms with E-state index in [1.807, 2.05) is 12.1 Å². The topological polar surface area (TPSA) is 54.9 Å². The minimum atomic E-state index is 0. The van der Waals surface area contributed by atoms with Gasteiger partial charge in [-0.15, -0.1) is 24.0 Å². The average Bonchev–Trinajstić information content (AvgIpc) is 2.93. The van der Waals surface area contributed by atoms with Crippen LogP contribution in [0.2, 0.25) is 0 Å². The van der Waals surface area contributed by atoms with Crippen LogP contribution >= 0.6 is 24.0 Å². The number of nitrogens with zero attached hydrogens (tertiary/aromatic N) is 1. The first-order valence-corrected chi connectivity index (χ1v) is 9.20. The van der Waals surface area contributed by atoms with E-state index in [1.54, 1.807) is 7.05 Å². The number of halogens is 1. The van der Waals surface area contributed by atoms with Crippen LogP contribution < -0.4 is 20.1 Å². The predicted octanol–water partition coefficient (Wildman–Crippen LogP) is 3.89. The first-order valence-electron chi connectivity index (χ1n) is 9.20. The molecule has 2 aromatic rings. The maximum absolute atomic E-state index is 5.75. The van der Waals surface area contributed by atoms with Crippen LogP contribution in [0, 0.1) is 0 Å². The Balaban J connectivity index is 0.00000261. The van der Waals surface area contributed by atoms with Crippen molar-refractivity contribution in [3.8, 4) is 11.5 Å². The molecule has 0 aromatic heterocycles. The largest absolute Gasteiger partial charge is 0.490 e. The molecule has 0 unspecified atom stereocenters. The summed E-state index contributed by atoms with van der Waals surface area (Å²) in [6.07, 6.45) is 1.94. The molecular formula is C21H28IN3O2. The van der Waals surface area contributed by atoms with Gasteiger partial charge in [-0.2, -0.15) is 0 Å². The number of aryl methyl sites for hydroxylation is 1. The summed E-state index contributed by atoms with van der Waals surface area (Å²) >= 11 is 0. The van der Waals surface area contributed by atoms with Crippen molar-refractivity contribution in [1.29, 1.82) is 0 Å². The van der Waals surface area contributed by atoms with Crippen molar-refractivity contribution in [2.75, 3.05) is 20.3 Å². The van der Waals surface area contributed by atoms with Gasteiger partial charge in [-0.25, -0.2) is 0 Å². The van der Waals surface area contributed by atoms with Crippen molar-refractivity contribution >= 4 is 29.9 Å². The Morgan fingerprint density at radius 2 is 1.67 bits per heavy atom. The number of rotatable bonds is 5. The van der Waals surface area contributed by atoms with Gasteiger partial charge < -0.3 is 20.1 Å². The second-order valence-corrected chi connectivity index (χ2v) is 6.23. The molecule has 1 heterocycles. The summed E-state index contributed by atoms with van der Waals surface area (Å²) < 4.78 is 11.4. The van der Waals surface area contributed by atoms with E-state index in [2.05, 4.69) is 52.9 Å². The predicted molar refractivity (Wildman–Crippen MR) is 120 cm³/mol. The van der Waals surface area contributed by atoms with Gasteiger partial charge in [0.25, 0.3) is 0 Å². The molecule has 1 aliphatic heterocycles. The molecule has 5 nitrogen and oxygen atoms in total. The summed E-state index contributed by atoms with van der Waals surface area (Å²) in [7, 11) is 1.79. The van der Waals surface area contributed by atoms with E-state index in [4.69, 9.17) is 9.47 Å². The molecule has 0 saturated heterocycles. The van der Waals surface area contributed by atoms with Crippen LogP contribution in [-0.4, -0.2) is 26.2 Å². The van der Waals surface area contributed by atoms with Crippen molar-refractivity contribution in [3.05, 3.63) is 59.2 Å². The smallest absolute Gasteiger partial charge is 0.191 e. The monoisotopic (exact) mass is 481 g/mol. The van der Waals surface area contributed by atoms with E-state index in [0.717, 1.165) is 42.4 Å². The summed E-state index contributed by atoms with van der Waals surface area (Å²) in [4.78, 5) is 4.31. The van der Waals surface area contributed by atoms with E-state index in [0.29, 0.717) is 19.8 Å². The minimum Gasteiger partial charge on any atom is -0.490 e. The van der Waals surface area contributed by atoms with Crippen molar-refractivity contribution in [1.82, 2.24) is 10.6 Å². The number of ether oxygens (including phenoxy) is 2. The first-order chi connectivity index (χ1) is 12.8. The molecule has 0 amide bonds. The van der Waals surface area contributed by atoms with Crippen LogP contribution in [0.3, 0.4) is 0 Å². The van der Waals surface area contributed by atoms with Crippen molar-refractivity contribution < 1.29 is 9.47 Å². The number of hydrogen-bond acceptors (Lipinski definition) is 3. The molecule has 146 valence electrons. The van der Waals surface area contributed by atoms with Crippen molar-refractivity contribution in [3.63, 3.8) is 0 Å². The molecule has 0 atom stereocenters. The third-order valence-electron chi connectivity index (χ3n) is 4.44. The Morgan fingerprint density at radius 1 is 0.963 bits per heavy atom. The molecule has 3 rings (SSSR count). The number of aliphatic imine (C=N–C) groups is 1. The van der Waals surface area contributed by atoms with Gasteiger partial charge in [0.1, 0.15) is 0 Å². The maximum Gasteiger partial charge on any atom is 0.191 e. The SMILES string of the molecule is CCc1ccccc1CNC(=NC)NCc1ccc2c(c1)OCCCO2.I. The summed E-state index contributed by atoms with van der Waals surface area (Å²) in [5, 5.41) is 6.74. The van der Waals surface area contributed by atoms with E-state index in [-0.39, 0.29) is 24.0 Å². The summed E-state index contributed by atoms with van der Waals surface area (Å²) in [6, 6.07) is 14.6. The fourth-order valence-corrected chi connectivity index (χ4v) is 2.98. The Kier molecular flexibility index (Phi) is 8.71. The Labute approximate surface area is 178 Å². The average molecular weight is 481 g/mol. The molecular weight excluding hydrogens is 453 g/mol. The Hall–Kier alpha value is -1.96. The highest BCUT2D eigenvalue weighted by Crippen LogP contribution is 2.30. The lowest BCUT2D eigenvalue weighted by molar-refractivity contribution is 0.297. The Bertz CT molecular complexity index is 765. The lowest BCUT2D eigenvalue weighted by atomic mass is 10.1. The third-order valence-corrected chi connectivity index (χ3v) is 4.44. The molecule has 0 aliphatic carbocycles. The number of fused-ring (bicyclic) bond motifs is 1. The fourth-order valence-electron chi connectivity index (χ4n) is 2.98.